The fourth-order valence-corrected chi connectivity index (χ4v) is 4.11. The summed E-state index contributed by atoms with van der Waals surface area (Å²) < 4.78 is 18.6. The van der Waals surface area contributed by atoms with Crippen LogP contribution < -0.4 is 5.32 Å². The third kappa shape index (κ3) is 4.52. The highest BCUT2D eigenvalue weighted by Crippen LogP contribution is 2.29. The second-order valence-electron chi connectivity index (χ2n) is 7.66. The molecule has 1 amide bonds. The highest BCUT2D eigenvalue weighted by Gasteiger charge is 2.33. The number of piperidine rings is 2. The summed E-state index contributed by atoms with van der Waals surface area (Å²) in [5.74, 6) is 1.15. The van der Waals surface area contributed by atoms with Crippen LogP contribution in [0.1, 0.15) is 44.4 Å². The molecule has 2 aliphatic heterocycles. The van der Waals surface area contributed by atoms with E-state index in [1.807, 2.05) is 4.90 Å². The number of carbonyl (C=O) groups is 1. The van der Waals surface area contributed by atoms with E-state index in [9.17, 15) is 9.18 Å². The maximum absolute atomic E-state index is 13.1. The lowest BCUT2D eigenvalue weighted by atomic mass is 9.90. The summed E-state index contributed by atoms with van der Waals surface area (Å²) in [4.78, 5) is 19.4. The van der Waals surface area contributed by atoms with Gasteiger partial charge in [-0.25, -0.2) is 4.39 Å². The highest BCUT2D eigenvalue weighted by atomic mass is 35.5. The Balaban J connectivity index is 0.00000225. The van der Waals surface area contributed by atoms with Gasteiger partial charge in [-0.3, -0.25) is 4.79 Å². The zero-order valence-corrected chi connectivity index (χ0v) is 16.8. The molecule has 1 aromatic heterocycles. The lowest BCUT2D eigenvalue weighted by molar-refractivity contribution is -0.138. The van der Waals surface area contributed by atoms with Gasteiger partial charge in [0.15, 0.2) is 0 Å². The Morgan fingerprint density at radius 1 is 1.29 bits per heavy atom. The van der Waals surface area contributed by atoms with Crippen LogP contribution in [0.5, 0.6) is 0 Å². The van der Waals surface area contributed by atoms with Gasteiger partial charge in [0.1, 0.15) is 5.82 Å². The summed E-state index contributed by atoms with van der Waals surface area (Å²) in [5, 5.41) is 7.44. The van der Waals surface area contributed by atoms with E-state index in [0.29, 0.717) is 24.3 Å². The molecule has 3 atom stereocenters. The van der Waals surface area contributed by atoms with Crippen molar-refractivity contribution < 1.29 is 13.7 Å². The summed E-state index contributed by atoms with van der Waals surface area (Å²) in [6.45, 7) is 4.46. The number of aromatic nitrogens is 2. The molecule has 3 heterocycles. The van der Waals surface area contributed by atoms with Crippen LogP contribution in [0.2, 0.25) is 0 Å². The standard InChI is InChI=1S/C20H25FN4O2.ClH/c1-13-11-15(8-9-22-13)20(26)25-10-2-3-16(12-25)19-23-18(24-27-19)14-4-6-17(21)7-5-14;/h4-7,13,15-16,22H,2-3,8-12H2,1H3;1H/t13-,15-,16?;/m0./s1. The predicted molar refractivity (Wildman–Crippen MR) is 106 cm³/mol. The molecule has 0 radical (unpaired) electrons. The van der Waals surface area contributed by atoms with Crippen molar-refractivity contribution in [3.05, 3.63) is 36.0 Å². The molecule has 2 aliphatic rings. The normalized spacial score (nSPS) is 25.2. The number of hydrogen-bond acceptors (Lipinski definition) is 5. The van der Waals surface area contributed by atoms with Gasteiger partial charge in [0.05, 0.1) is 5.92 Å². The number of hydrogen-bond donors (Lipinski definition) is 1. The van der Waals surface area contributed by atoms with Crippen molar-refractivity contribution in [3.8, 4) is 11.4 Å². The van der Waals surface area contributed by atoms with Crippen LogP contribution in [0.3, 0.4) is 0 Å². The van der Waals surface area contributed by atoms with Crippen molar-refractivity contribution in [3.63, 3.8) is 0 Å². The number of rotatable bonds is 3. The zero-order valence-electron chi connectivity index (χ0n) is 15.9. The Kier molecular flexibility index (Phi) is 6.67. The Hall–Kier alpha value is -1.99. The first-order valence-electron chi connectivity index (χ1n) is 9.72. The quantitative estimate of drug-likeness (QED) is 0.842. The first-order valence-corrected chi connectivity index (χ1v) is 9.72. The van der Waals surface area contributed by atoms with Crippen LogP contribution in [0, 0.1) is 11.7 Å². The van der Waals surface area contributed by atoms with Crippen LogP contribution in [-0.4, -0.2) is 46.6 Å². The molecule has 0 bridgehead atoms. The lowest BCUT2D eigenvalue weighted by Crippen LogP contribution is -2.47. The van der Waals surface area contributed by atoms with Gasteiger partial charge in [-0.15, -0.1) is 12.4 Å². The zero-order chi connectivity index (χ0) is 18.8. The number of amides is 1. The number of nitrogens with zero attached hydrogens (tertiary/aromatic N) is 3. The van der Waals surface area contributed by atoms with Crippen LogP contribution in [-0.2, 0) is 4.79 Å². The van der Waals surface area contributed by atoms with E-state index in [1.165, 1.54) is 12.1 Å². The van der Waals surface area contributed by atoms with Crippen molar-refractivity contribution in [1.82, 2.24) is 20.4 Å². The average Bonchev–Trinajstić information content (AvgIpc) is 3.18. The van der Waals surface area contributed by atoms with Crippen molar-refractivity contribution in [2.24, 2.45) is 5.92 Å². The SMILES string of the molecule is C[C@H]1C[C@@H](C(=O)N2CCCC(c3nc(-c4ccc(F)cc4)no3)C2)CCN1.Cl. The second kappa shape index (κ2) is 9.01. The van der Waals surface area contributed by atoms with E-state index in [1.54, 1.807) is 12.1 Å². The Bertz CT molecular complexity index is 798. The minimum atomic E-state index is -0.295. The van der Waals surface area contributed by atoms with Gasteiger partial charge in [-0.1, -0.05) is 5.16 Å². The molecule has 2 fully saturated rings. The maximum atomic E-state index is 13.1. The van der Waals surface area contributed by atoms with Crippen molar-refractivity contribution in [1.29, 1.82) is 0 Å². The topological polar surface area (TPSA) is 71.3 Å². The molecular formula is C20H26ClFN4O2. The molecule has 1 N–H and O–H groups in total. The fourth-order valence-electron chi connectivity index (χ4n) is 4.11. The summed E-state index contributed by atoms with van der Waals surface area (Å²) in [5.41, 5.74) is 0.721. The molecule has 2 aromatic rings. The highest BCUT2D eigenvalue weighted by molar-refractivity contribution is 5.85. The van der Waals surface area contributed by atoms with Crippen LogP contribution in [0.25, 0.3) is 11.4 Å². The van der Waals surface area contributed by atoms with E-state index in [2.05, 4.69) is 22.4 Å². The summed E-state index contributed by atoms with van der Waals surface area (Å²) >= 11 is 0. The minimum absolute atomic E-state index is 0. The molecule has 2 saturated heterocycles. The Morgan fingerprint density at radius 2 is 2.07 bits per heavy atom. The monoisotopic (exact) mass is 408 g/mol. The van der Waals surface area contributed by atoms with Crippen LogP contribution in [0.15, 0.2) is 28.8 Å². The Labute approximate surface area is 170 Å². The predicted octanol–water partition coefficient (Wildman–Crippen LogP) is 3.39. The van der Waals surface area contributed by atoms with Crippen LogP contribution in [0.4, 0.5) is 4.39 Å². The third-order valence-electron chi connectivity index (χ3n) is 5.60. The summed E-state index contributed by atoms with van der Waals surface area (Å²) in [6, 6.07) is 6.43. The van der Waals surface area contributed by atoms with Crippen molar-refractivity contribution >= 4 is 18.3 Å². The van der Waals surface area contributed by atoms with E-state index < -0.39 is 0 Å². The van der Waals surface area contributed by atoms with Gasteiger partial charge in [0.25, 0.3) is 0 Å². The number of benzene rings is 1. The van der Waals surface area contributed by atoms with Gasteiger partial charge in [0.2, 0.25) is 17.6 Å². The largest absolute Gasteiger partial charge is 0.342 e. The summed E-state index contributed by atoms with van der Waals surface area (Å²) in [7, 11) is 0. The first kappa shape index (κ1) is 20.7. The maximum Gasteiger partial charge on any atom is 0.231 e. The van der Waals surface area contributed by atoms with E-state index in [0.717, 1.165) is 44.3 Å². The Morgan fingerprint density at radius 3 is 2.82 bits per heavy atom. The number of likely N-dealkylation sites (tertiary alicyclic amines) is 1. The van der Waals surface area contributed by atoms with Crippen LogP contribution >= 0.6 is 12.4 Å². The molecule has 0 aliphatic carbocycles. The van der Waals surface area contributed by atoms with E-state index in [4.69, 9.17) is 4.52 Å². The van der Waals surface area contributed by atoms with Gasteiger partial charge in [-0.05, 0) is 63.4 Å². The van der Waals surface area contributed by atoms with Gasteiger partial charge >= 0.3 is 0 Å². The molecule has 152 valence electrons. The van der Waals surface area contributed by atoms with Gasteiger partial charge in [-0.2, -0.15) is 4.98 Å². The van der Waals surface area contributed by atoms with Crippen molar-refractivity contribution in [2.45, 2.75) is 44.6 Å². The fraction of sp³-hybridized carbons (Fsp3) is 0.550. The molecule has 0 saturated carbocycles. The lowest BCUT2D eigenvalue weighted by Gasteiger charge is -2.36. The first-order chi connectivity index (χ1) is 13.1. The van der Waals surface area contributed by atoms with Gasteiger partial charge in [0, 0.05) is 30.6 Å². The minimum Gasteiger partial charge on any atom is -0.342 e. The molecule has 1 aromatic carbocycles. The third-order valence-corrected chi connectivity index (χ3v) is 5.60. The number of halogens is 2. The molecule has 6 nitrogen and oxygen atoms in total. The van der Waals surface area contributed by atoms with E-state index >= 15 is 0 Å². The summed E-state index contributed by atoms with van der Waals surface area (Å²) in [6.07, 6.45) is 3.66. The molecule has 4 rings (SSSR count). The van der Waals surface area contributed by atoms with Gasteiger partial charge < -0.3 is 14.7 Å². The second-order valence-corrected chi connectivity index (χ2v) is 7.66. The molecule has 1 unspecified atom stereocenters. The molecule has 0 spiro atoms. The van der Waals surface area contributed by atoms with E-state index in [-0.39, 0.29) is 36.0 Å². The molecule has 28 heavy (non-hydrogen) atoms. The van der Waals surface area contributed by atoms with Crippen molar-refractivity contribution in [2.75, 3.05) is 19.6 Å². The number of nitrogens with one attached hydrogen (secondary N) is 1. The number of carbonyl (C=O) groups excluding carboxylic acids is 1. The molecular weight excluding hydrogens is 383 g/mol. The molecule has 8 heteroatoms. The smallest absolute Gasteiger partial charge is 0.231 e. The average molecular weight is 409 g/mol.